The van der Waals surface area contributed by atoms with Crippen LogP contribution in [-0.4, -0.2) is 23.8 Å². The molecule has 6 heteroatoms. The van der Waals surface area contributed by atoms with Crippen LogP contribution in [-0.2, 0) is 9.53 Å². The molecule has 1 aliphatic rings. The van der Waals surface area contributed by atoms with E-state index in [2.05, 4.69) is 45.5 Å². The SMILES string of the molecule is Cc1cc([C@H](CC(=O)O)NC(=O)OCC2c3ccccc3-c3ccccc32)ccc1Br. The fourth-order valence-corrected chi connectivity index (χ4v) is 4.34. The largest absolute Gasteiger partial charge is 0.481 e. The van der Waals surface area contributed by atoms with Crippen LogP contribution in [0.2, 0.25) is 0 Å². The van der Waals surface area contributed by atoms with Gasteiger partial charge in [-0.15, -0.1) is 0 Å². The maximum Gasteiger partial charge on any atom is 0.407 e. The van der Waals surface area contributed by atoms with E-state index in [-0.39, 0.29) is 18.9 Å². The molecule has 0 spiro atoms. The summed E-state index contributed by atoms with van der Waals surface area (Å²) >= 11 is 3.44. The number of carboxylic acids is 1. The average molecular weight is 480 g/mol. The molecular formula is C25H22BrNO4. The summed E-state index contributed by atoms with van der Waals surface area (Å²) in [5.74, 6) is -1.05. The number of aliphatic carboxylic acids is 1. The molecule has 0 aliphatic heterocycles. The van der Waals surface area contributed by atoms with Crippen molar-refractivity contribution < 1.29 is 19.4 Å². The zero-order valence-electron chi connectivity index (χ0n) is 17.0. The van der Waals surface area contributed by atoms with Gasteiger partial charge < -0.3 is 15.2 Å². The van der Waals surface area contributed by atoms with E-state index in [0.29, 0.717) is 0 Å². The molecule has 0 unspecified atom stereocenters. The van der Waals surface area contributed by atoms with Crippen molar-refractivity contribution in [2.24, 2.45) is 0 Å². The lowest BCUT2D eigenvalue weighted by molar-refractivity contribution is -0.137. The number of carbonyl (C=O) groups is 2. The molecule has 2 N–H and O–H groups in total. The Morgan fingerprint density at radius 3 is 2.23 bits per heavy atom. The number of aryl methyl sites for hydroxylation is 1. The van der Waals surface area contributed by atoms with E-state index >= 15 is 0 Å². The number of ether oxygens (including phenoxy) is 1. The Hall–Kier alpha value is -3.12. The van der Waals surface area contributed by atoms with E-state index in [1.54, 1.807) is 6.07 Å². The number of hydrogen-bond acceptors (Lipinski definition) is 3. The van der Waals surface area contributed by atoms with Crippen molar-refractivity contribution in [3.8, 4) is 11.1 Å². The Morgan fingerprint density at radius 1 is 1.03 bits per heavy atom. The number of alkyl carbamates (subject to hydrolysis) is 1. The first-order valence-corrected chi connectivity index (χ1v) is 10.8. The summed E-state index contributed by atoms with van der Waals surface area (Å²) in [6.07, 6.45) is -0.862. The summed E-state index contributed by atoms with van der Waals surface area (Å²) in [7, 11) is 0. The van der Waals surface area contributed by atoms with Crippen molar-refractivity contribution in [3.63, 3.8) is 0 Å². The molecule has 1 aliphatic carbocycles. The quantitative estimate of drug-likeness (QED) is 0.467. The molecule has 0 heterocycles. The number of carbonyl (C=O) groups excluding carboxylic acids is 1. The highest BCUT2D eigenvalue weighted by Crippen LogP contribution is 2.44. The molecule has 0 radical (unpaired) electrons. The van der Waals surface area contributed by atoms with E-state index < -0.39 is 18.1 Å². The summed E-state index contributed by atoms with van der Waals surface area (Å²) < 4.78 is 6.50. The van der Waals surface area contributed by atoms with Gasteiger partial charge in [-0.1, -0.05) is 76.6 Å². The smallest absolute Gasteiger partial charge is 0.407 e. The van der Waals surface area contributed by atoms with Gasteiger partial charge in [0.25, 0.3) is 0 Å². The Morgan fingerprint density at radius 2 is 1.65 bits per heavy atom. The number of nitrogens with one attached hydrogen (secondary N) is 1. The maximum absolute atomic E-state index is 12.6. The van der Waals surface area contributed by atoms with E-state index in [0.717, 1.165) is 37.9 Å². The van der Waals surface area contributed by atoms with Crippen LogP contribution in [0.15, 0.2) is 71.2 Å². The standard InChI is InChI=1S/C25H22BrNO4/c1-15-12-16(10-11-22(15)26)23(13-24(28)29)27-25(30)31-14-21-19-8-4-2-6-17(19)18-7-3-5-9-20(18)21/h2-12,21,23H,13-14H2,1H3,(H,27,30)(H,28,29)/t23-/m0/s1. The first kappa shape index (κ1) is 21.1. The van der Waals surface area contributed by atoms with Crippen LogP contribution in [0.3, 0.4) is 0 Å². The number of hydrogen-bond donors (Lipinski definition) is 2. The zero-order valence-corrected chi connectivity index (χ0v) is 18.6. The highest BCUT2D eigenvalue weighted by atomic mass is 79.9. The van der Waals surface area contributed by atoms with Gasteiger partial charge in [-0.05, 0) is 46.4 Å². The van der Waals surface area contributed by atoms with Crippen LogP contribution >= 0.6 is 15.9 Å². The first-order chi connectivity index (χ1) is 14.9. The molecule has 3 aromatic rings. The normalized spacial score (nSPS) is 13.2. The Balaban J connectivity index is 1.49. The molecular weight excluding hydrogens is 458 g/mol. The average Bonchev–Trinajstić information content (AvgIpc) is 3.07. The number of benzene rings is 3. The monoisotopic (exact) mass is 479 g/mol. The molecule has 0 fully saturated rings. The molecule has 3 aromatic carbocycles. The summed E-state index contributed by atoms with van der Waals surface area (Å²) in [6, 6.07) is 21.1. The van der Waals surface area contributed by atoms with Crippen molar-refractivity contribution in [2.45, 2.75) is 25.3 Å². The Kier molecular flexibility index (Phi) is 6.09. The highest BCUT2D eigenvalue weighted by molar-refractivity contribution is 9.10. The van der Waals surface area contributed by atoms with Crippen molar-refractivity contribution in [1.29, 1.82) is 0 Å². The molecule has 5 nitrogen and oxygen atoms in total. The third kappa shape index (κ3) is 4.49. The summed E-state index contributed by atoms with van der Waals surface area (Å²) in [4.78, 5) is 24.0. The highest BCUT2D eigenvalue weighted by Gasteiger charge is 2.29. The molecule has 1 atom stereocenters. The predicted octanol–water partition coefficient (Wildman–Crippen LogP) is 5.81. The van der Waals surface area contributed by atoms with Crippen molar-refractivity contribution in [1.82, 2.24) is 5.32 Å². The second-order valence-electron chi connectivity index (χ2n) is 7.63. The van der Waals surface area contributed by atoms with Crippen LogP contribution in [0.5, 0.6) is 0 Å². The minimum Gasteiger partial charge on any atom is -0.481 e. The molecule has 158 valence electrons. The summed E-state index contributed by atoms with van der Waals surface area (Å²) in [5.41, 5.74) is 6.24. The molecule has 4 rings (SSSR count). The van der Waals surface area contributed by atoms with Gasteiger partial charge in [0.15, 0.2) is 0 Å². The maximum atomic E-state index is 12.6. The molecule has 0 saturated heterocycles. The van der Waals surface area contributed by atoms with E-state index in [4.69, 9.17) is 4.74 Å². The molecule has 1 amide bonds. The fourth-order valence-electron chi connectivity index (χ4n) is 4.09. The van der Waals surface area contributed by atoms with E-state index in [1.165, 1.54) is 0 Å². The molecule has 0 aromatic heterocycles. The third-order valence-corrected chi connectivity index (χ3v) is 6.49. The number of carboxylic acid groups (broad SMARTS) is 1. The molecule has 0 saturated carbocycles. The van der Waals surface area contributed by atoms with Crippen LogP contribution < -0.4 is 5.32 Å². The van der Waals surface area contributed by atoms with E-state index in [9.17, 15) is 14.7 Å². The fraction of sp³-hybridized carbons (Fsp3) is 0.200. The lowest BCUT2D eigenvalue weighted by atomic mass is 9.98. The first-order valence-electron chi connectivity index (χ1n) is 10.0. The van der Waals surface area contributed by atoms with Gasteiger partial charge in [-0.2, -0.15) is 0 Å². The lowest BCUT2D eigenvalue weighted by Gasteiger charge is -2.20. The van der Waals surface area contributed by atoms with Gasteiger partial charge in [0.05, 0.1) is 12.5 Å². The van der Waals surface area contributed by atoms with Gasteiger partial charge >= 0.3 is 12.1 Å². The molecule has 31 heavy (non-hydrogen) atoms. The summed E-state index contributed by atoms with van der Waals surface area (Å²) in [6.45, 7) is 2.09. The van der Waals surface area contributed by atoms with Gasteiger partial charge in [0, 0.05) is 10.4 Å². The predicted molar refractivity (Wildman–Crippen MR) is 122 cm³/mol. The second kappa shape index (κ2) is 8.94. The van der Waals surface area contributed by atoms with Crippen LogP contribution in [0, 0.1) is 6.92 Å². The number of fused-ring (bicyclic) bond motifs is 3. The molecule has 0 bridgehead atoms. The van der Waals surface area contributed by atoms with Gasteiger partial charge in [0.2, 0.25) is 0 Å². The van der Waals surface area contributed by atoms with Crippen LogP contribution in [0.4, 0.5) is 4.79 Å². The van der Waals surface area contributed by atoms with Crippen molar-refractivity contribution in [3.05, 3.63) is 93.5 Å². The lowest BCUT2D eigenvalue weighted by Crippen LogP contribution is -2.31. The van der Waals surface area contributed by atoms with Gasteiger partial charge in [0.1, 0.15) is 6.61 Å². The van der Waals surface area contributed by atoms with Crippen molar-refractivity contribution >= 4 is 28.0 Å². The zero-order chi connectivity index (χ0) is 22.0. The topological polar surface area (TPSA) is 75.6 Å². The van der Waals surface area contributed by atoms with Gasteiger partial charge in [-0.3, -0.25) is 4.79 Å². The van der Waals surface area contributed by atoms with Crippen LogP contribution in [0.25, 0.3) is 11.1 Å². The number of halogens is 1. The van der Waals surface area contributed by atoms with Crippen LogP contribution in [0.1, 0.15) is 40.6 Å². The minimum atomic E-state index is -0.996. The van der Waals surface area contributed by atoms with Crippen molar-refractivity contribution in [2.75, 3.05) is 6.61 Å². The number of amides is 1. The number of rotatable bonds is 6. The summed E-state index contributed by atoms with van der Waals surface area (Å²) in [5, 5.41) is 12.0. The van der Waals surface area contributed by atoms with Gasteiger partial charge in [-0.25, -0.2) is 4.79 Å². The van der Waals surface area contributed by atoms with E-state index in [1.807, 2.05) is 43.3 Å². The third-order valence-electron chi connectivity index (χ3n) is 5.60. The minimum absolute atomic E-state index is 0.0500. The second-order valence-corrected chi connectivity index (χ2v) is 8.48. The Labute approximate surface area is 189 Å². The Bertz CT molecular complexity index is 1100.